The molecule has 4 heteroatoms. The van der Waals surface area contributed by atoms with E-state index in [2.05, 4.69) is 10.6 Å². The smallest absolute Gasteiger partial charge is 0.251 e. The van der Waals surface area contributed by atoms with Crippen LogP contribution in [0.1, 0.15) is 21.5 Å². The fourth-order valence-corrected chi connectivity index (χ4v) is 2.36. The number of nitrogens with one attached hydrogen (secondary N) is 2. The molecule has 0 saturated carbocycles. The first-order valence-corrected chi connectivity index (χ1v) is 6.31. The van der Waals surface area contributed by atoms with Gasteiger partial charge in [-0.3, -0.25) is 4.79 Å². The molecule has 1 amide bonds. The molecule has 98 valence electrons. The molecule has 1 saturated heterocycles. The lowest BCUT2D eigenvalue weighted by Crippen LogP contribution is -2.34. The second-order valence-electron chi connectivity index (χ2n) is 5.07. The van der Waals surface area contributed by atoms with E-state index in [1.165, 1.54) is 0 Å². The van der Waals surface area contributed by atoms with E-state index in [0.717, 1.165) is 17.7 Å². The summed E-state index contributed by atoms with van der Waals surface area (Å²) in [7, 11) is 0. The van der Waals surface area contributed by atoms with Gasteiger partial charge in [0.05, 0.1) is 6.10 Å². The summed E-state index contributed by atoms with van der Waals surface area (Å²) in [6.45, 7) is 5.85. The van der Waals surface area contributed by atoms with Gasteiger partial charge in [-0.15, -0.1) is 0 Å². The molecule has 4 nitrogen and oxygen atoms in total. The summed E-state index contributed by atoms with van der Waals surface area (Å²) < 4.78 is 0. The minimum absolute atomic E-state index is 0.0686. The molecule has 0 spiro atoms. The van der Waals surface area contributed by atoms with Crippen LogP contribution in [0.5, 0.6) is 0 Å². The van der Waals surface area contributed by atoms with E-state index in [1.807, 2.05) is 32.0 Å². The highest BCUT2D eigenvalue weighted by molar-refractivity contribution is 5.94. The number of carbonyl (C=O) groups is 1. The highest BCUT2D eigenvalue weighted by Gasteiger charge is 2.25. The lowest BCUT2D eigenvalue weighted by Gasteiger charge is -2.14. The van der Waals surface area contributed by atoms with E-state index in [0.29, 0.717) is 18.7 Å². The summed E-state index contributed by atoms with van der Waals surface area (Å²) in [6, 6.07) is 5.80. The molecule has 1 aliphatic heterocycles. The van der Waals surface area contributed by atoms with Crippen molar-refractivity contribution in [1.82, 2.24) is 10.6 Å². The zero-order chi connectivity index (χ0) is 13.1. The molecule has 0 radical (unpaired) electrons. The van der Waals surface area contributed by atoms with E-state index in [1.54, 1.807) is 0 Å². The molecule has 1 heterocycles. The van der Waals surface area contributed by atoms with Crippen molar-refractivity contribution >= 4 is 5.91 Å². The largest absolute Gasteiger partial charge is 0.391 e. The Balaban J connectivity index is 1.95. The number of amides is 1. The van der Waals surface area contributed by atoms with Crippen LogP contribution in [0.4, 0.5) is 0 Å². The zero-order valence-corrected chi connectivity index (χ0v) is 10.9. The van der Waals surface area contributed by atoms with Crippen LogP contribution in [-0.2, 0) is 0 Å². The predicted molar refractivity (Wildman–Crippen MR) is 70.6 cm³/mol. The summed E-state index contributed by atoms with van der Waals surface area (Å²) in [5.41, 5.74) is 2.86. The molecule has 1 aromatic rings. The first kappa shape index (κ1) is 13.1. The minimum atomic E-state index is -0.357. The van der Waals surface area contributed by atoms with E-state index >= 15 is 0 Å². The SMILES string of the molecule is Cc1cc(C)cc(C(=O)NCC2CNCC2O)c1. The molecule has 18 heavy (non-hydrogen) atoms. The topological polar surface area (TPSA) is 61.4 Å². The van der Waals surface area contributed by atoms with Gasteiger partial charge < -0.3 is 15.7 Å². The maximum Gasteiger partial charge on any atom is 0.251 e. The third-order valence-corrected chi connectivity index (χ3v) is 3.31. The Hall–Kier alpha value is -1.39. The second kappa shape index (κ2) is 5.50. The summed E-state index contributed by atoms with van der Waals surface area (Å²) in [5.74, 6) is 0.0424. The van der Waals surface area contributed by atoms with E-state index in [-0.39, 0.29) is 17.9 Å². The Labute approximate surface area is 107 Å². The highest BCUT2D eigenvalue weighted by atomic mass is 16.3. The van der Waals surface area contributed by atoms with Crippen LogP contribution >= 0.6 is 0 Å². The number of aryl methyl sites for hydroxylation is 2. The highest BCUT2D eigenvalue weighted by Crippen LogP contribution is 2.10. The number of benzene rings is 1. The number of aliphatic hydroxyl groups is 1. The Bertz CT molecular complexity index is 425. The molecule has 0 aliphatic carbocycles. The average Bonchev–Trinajstić information content (AvgIpc) is 2.70. The molecule has 2 rings (SSSR count). The van der Waals surface area contributed by atoms with Gasteiger partial charge in [0.25, 0.3) is 5.91 Å². The maximum absolute atomic E-state index is 12.0. The van der Waals surface area contributed by atoms with E-state index in [9.17, 15) is 9.90 Å². The van der Waals surface area contributed by atoms with Gasteiger partial charge in [0.15, 0.2) is 0 Å². The number of aliphatic hydroxyl groups excluding tert-OH is 1. The number of β-amino-alcohol motifs (C(OH)–C–C–N with tert-alkyl or cyclic N) is 1. The summed E-state index contributed by atoms with van der Waals surface area (Å²) >= 11 is 0. The Morgan fingerprint density at radius 3 is 2.56 bits per heavy atom. The third-order valence-electron chi connectivity index (χ3n) is 3.31. The van der Waals surface area contributed by atoms with Gasteiger partial charge >= 0.3 is 0 Å². The lowest BCUT2D eigenvalue weighted by molar-refractivity contribution is 0.0927. The Kier molecular flexibility index (Phi) is 3.99. The van der Waals surface area contributed by atoms with Crippen LogP contribution in [0.25, 0.3) is 0 Å². The van der Waals surface area contributed by atoms with Crippen LogP contribution in [0.15, 0.2) is 18.2 Å². The van der Waals surface area contributed by atoms with Crippen molar-refractivity contribution in [2.24, 2.45) is 5.92 Å². The van der Waals surface area contributed by atoms with Gasteiger partial charge in [-0.05, 0) is 26.0 Å². The summed E-state index contributed by atoms with van der Waals surface area (Å²) in [4.78, 5) is 12.0. The standard InChI is InChI=1S/C14H20N2O2/c1-9-3-10(2)5-11(4-9)14(18)16-7-12-6-15-8-13(12)17/h3-5,12-13,15,17H,6-8H2,1-2H3,(H,16,18). The van der Waals surface area contributed by atoms with Gasteiger partial charge in [0.2, 0.25) is 0 Å². The summed E-state index contributed by atoms with van der Waals surface area (Å²) in [5, 5.41) is 15.6. The first-order chi connectivity index (χ1) is 8.56. The molecule has 1 fully saturated rings. The van der Waals surface area contributed by atoms with Crippen LogP contribution < -0.4 is 10.6 Å². The molecule has 1 aromatic carbocycles. The van der Waals surface area contributed by atoms with Crippen molar-refractivity contribution < 1.29 is 9.90 Å². The third kappa shape index (κ3) is 3.09. The van der Waals surface area contributed by atoms with Crippen molar-refractivity contribution in [2.45, 2.75) is 20.0 Å². The van der Waals surface area contributed by atoms with Crippen LogP contribution in [0.3, 0.4) is 0 Å². The second-order valence-corrected chi connectivity index (χ2v) is 5.07. The molecule has 2 unspecified atom stereocenters. The van der Waals surface area contributed by atoms with Gasteiger partial charge in [0.1, 0.15) is 0 Å². The molecular weight excluding hydrogens is 228 g/mol. The zero-order valence-electron chi connectivity index (χ0n) is 10.9. The Morgan fingerprint density at radius 2 is 2.00 bits per heavy atom. The van der Waals surface area contributed by atoms with Gasteiger partial charge in [-0.2, -0.15) is 0 Å². The average molecular weight is 248 g/mol. The maximum atomic E-state index is 12.0. The first-order valence-electron chi connectivity index (χ1n) is 6.31. The van der Waals surface area contributed by atoms with Crippen molar-refractivity contribution in [2.75, 3.05) is 19.6 Å². The molecule has 0 aromatic heterocycles. The Morgan fingerprint density at radius 1 is 1.33 bits per heavy atom. The van der Waals surface area contributed by atoms with Crippen LogP contribution in [0, 0.1) is 19.8 Å². The summed E-state index contributed by atoms with van der Waals surface area (Å²) in [6.07, 6.45) is -0.357. The monoisotopic (exact) mass is 248 g/mol. The lowest BCUT2D eigenvalue weighted by atomic mass is 10.0. The predicted octanol–water partition coefficient (Wildman–Crippen LogP) is 0.614. The normalized spacial score (nSPS) is 23.1. The van der Waals surface area contributed by atoms with E-state index < -0.39 is 0 Å². The fourth-order valence-electron chi connectivity index (χ4n) is 2.36. The van der Waals surface area contributed by atoms with Crippen molar-refractivity contribution in [3.63, 3.8) is 0 Å². The number of rotatable bonds is 3. The fraction of sp³-hybridized carbons (Fsp3) is 0.500. The molecule has 2 atom stereocenters. The quantitative estimate of drug-likeness (QED) is 0.734. The molecule has 0 bridgehead atoms. The van der Waals surface area contributed by atoms with E-state index in [4.69, 9.17) is 0 Å². The number of hydrogen-bond acceptors (Lipinski definition) is 3. The molecular formula is C14H20N2O2. The van der Waals surface area contributed by atoms with Gasteiger partial charge in [-0.25, -0.2) is 0 Å². The minimum Gasteiger partial charge on any atom is -0.391 e. The van der Waals surface area contributed by atoms with Crippen molar-refractivity contribution in [3.8, 4) is 0 Å². The number of carbonyl (C=O) groups excluding carboxylic acids is 1. The van der Waals surface area contributed by atoms with Crippen molar-refractivity contribution in [1.29, 1.82) is 0 Å². The van der Waals surface area contributed by atoms with Crippen LogP contribution in [-0.4, -0.2) is 36.8 Å². The van der Waals surface area contributed by atoms with Gasteiger partial charge in [0, 0.05) is 31.1 Å². The molecule has 1 aliphatic rings. The van der Waals surface area contributed by atoms with Crippen molar-refractivity contribution in [3.05, 3.63) is 34.9 Å². The number of hydrogen-bond donors (Lipinski definition) is 3. The van der Waals surface area contributed by atoms with Gasteiger partial charge in [-0.1, -0.05) is 17.2 Å². The van der Waals surface area contributed by atoms with Crippen LogP contribution in [0.2, 0.25) is 0 Å². The molecule has 3 N–H and O–H groups in total.